The molecule has 3 rings (SSSR count). The number of thioether (sulfide) groups is 1. The maximum atomic E-state index is 12.9. The monoisotopic (exact) mass is 564 g/mol. The summed E-state index contributed by atoms with van der Waals surface area (Å²) in [5.74, 6) is -0.954. The van der Waals surface area contributed by atoms with Gasteiger partial charge in [-0.3, -0.25) is 14.9 Å². The molecule has 2 unspecified atom stereocenters. The molecule has 12 heteroatoms. The minimum atomic E-state index is -4.84. The average molecular weight is 565 g/mol. The summed E-state index contributed by atoms with van der Waals surface area (Å²) in [5, 5.41) is 1.37. The van der Waals surface area contributed by atoms with Crippen LogP contribution in [0, 0.1) is 0 Å². The van der Waals surface area contributed by atoms with Crippen LogP contribution < -0.4 is 14.8 Å². The molecule has 0 aromatic heterocycles. The van der Waals surface area contributed by atoms with Crippen LogP contribution in [0.1, 0.15) is 24.2 Å². The molecule has 2 aromatic rings. The molecule has 1 aliphatic rings. The summed E-state index contributed by atoms with van der Waals surface area (Å²) < 4.78 is 53.1. The first-order chi connectivity index (χ1) is 18.4. The van der Waals surface area contributed by atoms with Gasteiger partial charge in [0.25, 0.3) is 5.24 Å². The molecule has 0 bridgehead atoms. The maximum Gasteiger partial charge on any atom is 0.573 e. The summed E-state index contributed by atoms with van der Waals surface area (Å²) in [5.41, 5.74) is 1.48. The third-order valence-corrected chi connectivity index (χ3v) is 6.21. The smallest absolute Gasteiger partial charge is 0.489 e. The molecule has 1 fully saturated rings. The van der Waals surface area contributed by atoms with Crippen LogP contribution in [0.15, 0.2) is 72.5 Å². The van der Waals surface area contributed by atoms with Gasteiger partial charge in [-0.1, -0.05) is 48.2 Å². The highest BCUT2D eigenvalue weighted by atomic mass is 32.2. The van der Waals surface area contributed by atoms with Gasteiger partial charge < -0.3 is 19.1 Å². The Morgan fingerprint density at radius 3 is 2.26 bits per heavy atom. The highest BCUT2D eigenvalue weighted by Crippen LogP contribution is 2.28. The zero-order valence-electron chi connectivity index (χ0n) is 21.4. The van der Waals surface area contributed by atoms with Crippen LogP contribution in [0.3, 0.4) is 0 Å². The molecule has 0 aliphatic carbocycles. The molecule has 208 valence electrons. The van der Waals surface area contributed by atoms with E-state index in [0.717, 1.165) is 29.5 Å². The summed E-state index contributed by atoms with van der Waals surface area (Å²) >= 11 is 0.940. The molecule has 0 radical (unpaired) electrons. The van der Waals surface area contributed by atoms with E-state index in [1.54, 1.807) is 68.5 Å². The minimum absolute atomic E-state index is 0.134. The van der Waals surface area contributed by atoms with E-state index in [0.29, 0.717) is 17.7 Å². The number of carbonyl (C=O) groups excluding carboxylic acids is 3. The highest BCUT2D eigenvalue weighted by molar-refractivity contribution is 8.15. The molecule has 1 aliphatic heterocycles. The van der Waals surface area contributed by atoms with Crippen molar-refractivity contribution in [3.05, 3.63) is 83.6 Å². The summed E-state index contributed by atoms with van der Waals surface area (Å²) in [6, 6.07) is 11.8. The quantitative estimate of drug-likeness (QED) is 0.227. The van der Waals surface area contributed by atoms with Crippen LogP contribution in [-0.2, 0) is 20.7 Å². The number of rotatable bonds is 11. The number of allylic oxidation sites excluding steroid dienone is 1. The van der Waals surface area contributed by atoms with Crippen molar-refractivity contribution in [3.63, 3.8) is 0 Å². The number of alkyl halides is 3. The average Bonchev–Trinajstić information content (AvgIpc) is 3.17. The largest absolute Gasteiger partial charge is 0.573 e. The number of esters is 1. The van der Waals surface area contributed by atoms with Crippen molar-refractivity contribution in [1.29, 1.82) is 0 Å². The number of halogens is 3. The molecule has 39 heavy (non-hydrogen) atoms. The number of nitrogens with one attached hydrogen (secondary N) is 1. The van der Waals surface area contributed by atoms with E-state index < -0.39 is 29.4 Å². The van der Waals surface area contributed by atoms with Crippen molar-refractivity contribution in [2.24, 2.45) is 0 Å². The maximum absolute atomic E-state index is 12.9. The molecule has 2 amide bonds. The summed E-state index contributed by atoms with van der Waals surface area (Å²) in [6.45, 7) is 1.61. The molecule has 0 saturated carbocycles. The second kappa shape index (κ2) is 13.2. The van der Waals surface area contributed by atoms with Gasteiger partial charge in [-0.05, 0) is 48.7 Å². The third-order valence-electron chi connectivity index (χ3n) is 5.23. The van der Waals surface area contributed by atoms with E-state index in [2.05, 4.69) is 10.1 Å². The van der Waals surface area contributed by atoms with Crippen LogP contribution in [0.2, 0.25) is 0 Å². The van der Waals surface area contributed by atoms with Gasteiger partial charge in [0.1, 0.15) is 18.1 Å². The van der Waals surface area contributed by atoms with Crippen LogP contribution in [0.5, 0.6) is 11.5 Å². The Bertz CT molecular complexity index is 1230. The van der Waals surface area contributed by atoms with Gasteiger partial charge in [-0.15, -0.1) is 13.2 Å². The van der Waals surface area contributed by atoms with Crippen LogP contribution in [0.4, 0.5) is 18.0 Å². The lowest BCUT2D eigenvalue weighted by atomic mass is 10.1. The zero-order chi connectivity index (χ0) is 28.6. The van der Waals surface area contributed by atoms with Crippen molar-refractivity contribution < 1.29 is 41.8 Å². The van der Waals surface area contributed by atoms with Crippen LogP contribution in [0.25, 0.3) is 0 Å². The normalized spacial score (nSPS) is 16.7. The van der Waals surface area contributed by atoms with E-state index >= 15 is 0 Å². The highest BCUT2D eigenvalue weighted by Gasteiger charge is 2.32. The van der Waals surface area contributed by atoms with E-state index in [-0.39, 0.29) is 23.3 Å². The minimum Gasteiger partial charge on any atom is -0.489 e. The van der Waals surface area contributed by atoms with Crippen molar-refractivity contribution in [1.82, 2.24) is 10.2 Å². The molecule has 8 nitrogen and oxygen atoms in total. The number of amides is 2. The van der Waals surface area contributed by atoms with Gasteiger partial charge in [-0.25, -0.2) is 4.79 Å². The van der Waals surface area contributed by atoms with Gasteiger partial charge in [0.2, 0.25) is 5.91 Å². The van der Waals surface area contributed by atoms with Gasteiger partial charge in [-0.2, -0.15) is 0 Å². The van der Waals surface area contributed by atoms with Gasteiger partial charge in [0.15, 0.2) is 6.10 Å². The Morgan fingerprint density at radius 2 is 1.72 bits per heavy atom. The number of imide groups is 1. The molecular weight excluding hydrogens is 537 g/mol. The number of nitrogens with zero attached hydrogens (tertiary/aromatic N) is 1. The van der Waals surface area contributed by atoms with Gasteiger partial charge in [0.05, 0.1) is 10.8 Å². The van der Waals surface area contributed by atoms with E-state index in [4.69, 9.17) is 9.47 Å². The van der Waals surface area contributed by atoms with E-state index in [1.807, 2.05) is 0 Å². The molecule has 2 aromatic carbocycles. The molecule has 1 heterocycles. The van der Waals surface area contributed by atoms with Crippen molar-refractivity contribution in [2.45, 2.75) is 31.1 Å². The van der Waals surface area contributed by atoms with Crippen molar-refractivity contribution >= 4 is 28.9 Å². The fraction of sp³-hybridized carbons (Fsp3) is 0.296. The molecule has 2 atom stereocenters. The topological polar surface area (TPSA) is 94.2 Å². The zero-order valence-corrected chi connectivity index (χ0v) is 22.2. The number of carbonyl (C=O) groups is 3. The van der Waals surface area contributed by atoms with Crippen LogP contribution in [-0.4, -0.2) is 54.3 Å². The second-order valence-corrected chi connectivity index (χ2v) is 9.78. The fourth-order valence-electron chi connectivity index (χ4n) is 3.54. The Labute approximate surface area is 227 Å². The van der Waals surface area contributed by atoms with E-state index in [9.17, 15) is 27.6 Å². The summed E-state index contributed by atoms with van der Waals surface area (Å²) in [6.07, 6.45) is -0.600. The lowest BCUT2D eigenvalue weighted by Gasteiger charge is -2.20. The lowest BCUT2D eigenvalue weighted by Crippen LogP contribution is -2.25. The Kier molecular flexibility index (Phi) is 10.0. The predicted molar refractivity (Wildman–Crippen MR) is 139 cm³/mol. The van der Waals surface area contributed by atoms with Gasteiger partial charge in [0, 0.05) is 20.3 Å². The van der Waals surface area contributed by atoms with Crippen LogP contribution >= 0.6 is 11.8 Å². The molecule has 0 spiro atoms. The first kappa shape index (κ1) is 29.6. The van der Waals surface area contributed by atoms with Crippen molar-refractivity contribution in [2.75, 3.05) is 20.7 Å². The number of benzene rings is 2. The standard InChI is InChI=1S/C27H27F3N2O6S/c1-4-5-19(15-32(2)3)25(34)37-22(18-8-12-21(13-9-18)38-27(28,29)30)16-36-20-10-6-17(7-11-20)14-23-24(33)31-26(35)39-23/h4-13,15,22-23H,14,16H2,1-3H3,(H,31,33,35)/b5-4-,19-15+. The SMILES string of the molecule is C/C=C\C(=C/N(C)C)C(=O)OC(COc1ccc(CC2SC(=O)NC2=O)cc1)c1ccc(OC(F)(F)F)cc1. The summed E-state index contributed by atoms with van der Waals surface area (Å²) in [4.78, 5) is 37.8. The van der Waals surface area contributed by atoms with Crippen molar-refractivity contribution in [3.8, 4) is 11.5 Å². The molecule has 1 saturated heterocycles. The second-order valence-electron chi connectivity index (χ2n) is 8.60. The Hall–Kier alpha value is -3.93. The first-order valence-corrected chi connectivity index (χ1v) is 12.6. The molecular formula is C27H27F3N2O6S. The number of hydrogen-bond acceptors (Lipinski definition) is 8. The molecule has 1 N–H and O–H groups in total. The fourth-order valence-corrected chi connectivity index (χ4v) is 4.40. The van der Waals surface area contributed by atoms with E-state index in [1.165, 1.54) is 12.1 Å². The predicted octanol–water partition coefficient (Wildman–Crippen LogP) is 5.16. The third kappa shape index (κ3) is 9.40. The Morgan fingerprint density at radius 1 is 1.08 bits per heavy atom. The summed E-state index contributed by atoms with van der Waals surface area (Å²) in [7, 11) is 3.49. The number of hydrogen-bond donors (Lipinski definition) is 1. The first-order valence-electron chi connectivity index (χ1n) is 11.7. The number of ether oxygens (including phenoxy) is 3. The van der Waals surface area contributed by atoms with Gasteiger partial charge >= 0.3 is 12.3 Å². The lowest BCUT2D eigenvalue weighted by molar-refractivity contribution is -0.274. The Balaban J connectivity index is 1.74.